The fourth-order valence-corrected chi connectivity index (χ4v) is 3.03. The fraction of sp³-hybridized carbons (Fsp3) is 0.263. The molecule has 1 aliphatic rings. The Morgan fingerprint density at radius 1 is 1.19 bits per heavy atom. The van der Waals surface area contributed by atoms with Gasteiger partial charge in [-0.05, 0) is 47.9 Å². The number of nitrogens with zero attached hydrogens (tertiary/aromatic N) is 1. The lowest BCUT2D eigenvalue weighted by Crippen LogP contribution is -2.40. The van der Waals surface area contributed by atoms with Crippen LogP contribution in [0.2, 0.25) is 0 Å². The maximum atomic E-state index is 13.5. The molecular formula is C19H16F4N2O2. The summed E-state index contributed by atoms with van der Waals surface area (Å²) in [7, 11) is 1.62. The molecule has 0 bridgehead atoms. The van der Waals surface area contributed by atoms with Crippen molar-refractivity contribution in [2.24, 2.45) is 0 Å². The molecule has 1 heterocycles. The Bertz CT molecular complexity index is 896. The Hall–Kier alpha value is -2.90. The average molecular weight is 380 g/mol. The molecule has 0 spiro atoms. The number of halogens is 4. The van der Waals surface area contributed by atoms with Gasteiger partial charge >= 0.3 is 6.18 Å². The van der Waals surface area contributed by atoms with Crippen molar-refractivity contribution in [3.8, 4) is 11.1 Å². The van der Waals surface area contributed by atoms with Crippen molar-refractivity contribution in [3.63, 3.8) is 0 Å². The molecule has 0 radical (unpaired) electrons. The molecule has 2 aromatic carbocycles. The van der Waals surface area contributed by atoms with Crippen LogP contribution < -0.4 is 5.32 Å². The Morgan fingerprint density at radius 3 is 2.56 bits per heavy atom. The molecule has 1 aliphatic heterocycles. The minimum absolute atomic E-state index is 0.0596. The van der Waals surface area contributed by atoms with Gasteiger partial charge in [0.2, 0.25) is 5.91 Å². The highest BCUT2D eigenvalue weighted by molar-refractivity contribution is 5.99. The summed E-state index contributed by atoms with van der Waals surface area (Å²) in [4.78, 5) is 25.8. The zero-order valence-electron chi connectivity index (χ0n) is 14.3. The van der Waals surface area contributed by atoms with Crippen LogP contribution in [0.4, 0.5) is 17.6 Å². The van der Waals surface area contributed by atoms with Crippen molar-refractivity contribution in [2.45, 2.75) is 18.6 Å². The zero-order valence-corrected chi connectivity index (χ0v) is 14.3. The Kier molecular flexibility index (Phi) is 4.91. The van der Waals surface area contributed by atoms with Gasteiger partial charge in [0, 0.05) is 19.2 Å². The van der Waals surface area contributed by atoms with Gasteiger partial charge in [-0.1, -0.05) is 12.1 Å². The van der Waals surface area contributed by atoms with Crippen molar-refractivity contribution in [2.75, 3.05) is 13.6 Å². The van der Waals surface area contributed by atoms with Crippen LogP contribution in [0.3, 0.4) is 0 Å². The molecule has 4 nitrogen and oxygen atoms in total. The number of benzene rings is 2. The summed E-state index contributed by atoms with van der Waals surface area (Å²) in [5.41, 5.74) is -1.19. The molecular weight excluding hydrogens is 364 g/mol. The predicted molar refractivity (Wildman–Crippen MR) is 90.3 cm³/mol. The Morgan fingerprint density at radius 2 is 1.93 bits per heavy atom. The van der Waals surface area contributed by atoms with E-state index in [0.29, 0.717) is 19.0 Å². The lowest BCUT2D eigenvalue weighted by molar-refractivity contribution is -0.137. The van der Waals surface area contributed by atoms with Crippen LogP contribution in [-0.4, -0.2) is 36.3 Å². The van der Waals surface area contributed by atoms with E-state index in [1.54, 1.807) is 7.05 Å². The number of alkyl halides is 3. The van der Waals surface area contributed by atoms with Gasteiger partial charge in [0.15, 0.2) is 0 Å². The zero-order chi connectivity index (χ0) is 19.8. The number of hydrogen-bond donors (Lipinski definition) is 1. The number of nitrogens with one attached hydrogen (secondary N) is 1. The first-order chi connectivity index (χ1) is 12.7. The van der Waals surface area contributed by atoms with Crippen LogP contribution in [0.15, 0.2) is 42.5 Å². The molecule has 142 valence electrons. The summed E-state index contributed by atoms with van der Waals surface area (Å²) in [6, 6.07) is 7.00. The summed E-state index contributed by atoms with van der Waals surface area (Å²) in [6.07, 6.45) is -4.20. The molecule has 0 aromatic heterocycles. The molecule has 1 atom stereocenters. The SMILES string of the molecule is CN1CC[C@H](NC(=O)c2cccc(-c3cc(F)ccc3C(F)(F)F)c2)C1=O. The third kappa shape index (κ3) is 3.94. The molecule has 1 fully saturated rings. The maximum Gasteiger partial charge on any atom is 0.417 e. The molecule has 8 heteroatoms. The van der Waals surface area contributed by atoms with Gasteiger partial charge in [0.25, 0.3) is 5.91 Å². The van der Waals surface area contributed by atoms with Crippen molar-refractivity contribution in [3.05, 3.63) is 59.4 Å². The van der Waals surface area contributed by atoms with E-state index in [4.69, 9.17) is 0 Å². The lowest BCUT2D eigenvalue weighted by Gasteiger charge is -2.15. The van der Waals surface area contributed by atoms with Gasteiger partial charge in [-0.2, -0.15) is 13.2 Å². The highest BCUT2D eigenvalue weighted by Crippen LogP contribution is 2.37. The van der Waals surface area contributed by atoms with E-state index >= 15 is 0 Å². The van der Waals surface area contributed by atoms with E-state index in [0.717, 1.165) is 12.1 Å². The number of rotatable bonds is 3. The minimum atomic E-state index is -4.66. The van der Waals surface area contributed by atoms with Crippen LogP contribution in [0.5, 0.6) is 0 Å². The van der Waals surface area contributed by atoms with E-state index in [9.17, 15) is 27.2 Å². The third-order valence-electron chi connectivity index (χ3n) is 4.46. The van der Waals surface area contributed by atoms with E-state index in [1.807, 2.05) is 0 Å². The lowest BCUT2D eigenvalue weighted by atomic mass is 9.97. The Balaban J connectivity index is 1.92. The molecule has 0 unspecified atom stereocenters. The summed E-state index contributed by atoms with van der Waals surface area (Å²) in [6.45, 7) is 0.516. The van der Waals surface area contributed by atoms with E-state index in [1.165, 1.54) is 29.2 Å². The molecule has 2 amide bonds. The number of carbonyl (C=O) groups excluding carboxylic acids is 2. The number of amides is 2. The second kappa shape index (κ2) is 7.02. The van der Waals surface area contributed by atoms with Crippen LogP contribution in [-0.2, 0) is 11.0 Å². The van der Waals surface area contributed by atoms with Gasteiger partial charge < -0.3 is 10.2 Å². The fourth-order valence-electron chi connectivity index (χ4n) is 3.03. The van der Waals surface area contributed by atoms with Crippen LogP contribution >= 0.6 is 0 Å². The number of hydrogen-bond acceptors (Lipinski definition) is 2. The quantitative estimate of drug-likeness (QED) is 0.829. The molecule has 1 N–H and O–H groups in total. The average Bonchev–Trinajstić information content (AvgIpc) is 2.93. The monoisotopic (exact) mass is 380 g/mol. The third-order valence-corrected chi connectivity index (χ3v) is 4.46. The first-order valence-corrected chi connectivity index (χ1v) is 8.20. The van der Waals surface area contributed by atoms with Crippen molar-refractivity contribution < 1.29 is 27.2 Å². The molecule has 0 aliphatic carbocycles. The van der Waals surface area contributed by atoms with Crippen LogP contribution in [0.1, 0.15) is 22.3 Å². The molecule has 1 saturated heterocycles. The second-order valence-electron chi connectivity index (χ2n) is 6.34. The van der Waals surface area contributed by atoms with Gasteiger partial charge in [0.05, 0.1) is 5.56 Å². The largest absolute Gasteiger partial charge is 0.417 e. The summed E-state index contributed by atoms with van der Waals surface area (Å²) >= 11 is 0. The van der Waals surface area contributed by atoms with Crippen molar-refractivity contribution in [1.29, 1.82) is 0 Å². The topological polar surface area (TPSA) is 49.4 Å². The molecule has 2 aromatic rings. The first-order valence-electron chi connectivity index (χ1n) is 8.20. The van der Waals surface area contributed by atoms with Gasteiger partial charge in [-0.15, -0.1) is 0 Å². The normalized spacial score (nSPS) is 17.3. The number of likely N-dealkylation sites (N-methyl/N-ethyl adjacent to an activating group) is 1. The predicted octanol–water partition coefficient (Wildman–Crippen LogP) is 3.47. The van der Waals surface area contributed by atoms with Crippen LogP contribution in [0.25, 0.3) is 11.1 Å². The summed E-state index contributed by atoms with van der Waals surface area (Å²) in [5.74, 6) is -1.60. The minimum Gasteiger partial charge on any atom is -0.344 e. The van der Waals surface area contributed by atoms with Gasteiger partial charge in [-0.25, -0.2) is 4.39 Å². The van der Waals surface area contributed by atoms with E-state index in [2.05, 4.69) is 5.32 Å². The van der Waals surface area contributed by atoms with Gasteiger partial charge in [0.1, 0.15) is 11.9 Å². The molecule has 0 saturated carbocycles. The van der Waals surface area contributed by atoms with E-state index < -0.39 is 29.5 Å². The highest BCUT2D eigenvalue weighted by atomic mass is 19.4. The van der Waals surface area contributed by atoms with Gasteiger partial charge in [-0.3, -0.25) is 9.59 Å². The van der Waals surface area contributed by atoms with E-state index in [-0.39, 0.29) is 22.6 Å². The second-order valence-corrected chi connectivity index (χ2v) is 6.34. The molecule has 27 heavy (non-hydrogen) atoms. The number of carbonyl (C=O) groups is 2. The Labute approximate surface area is 152 Å². The van der Waals surface area contributed by atoms with Crippen molar-refractivity contribution >= 4 is 11.8 Å². The maximum absolute atomic E-state index is 13.5. The number of likely N-dealkylation sites (tertiary alicyclic amines) is 1. The smallest absolute Gasteiger partial charge is 0.344 e. The molecule has 3 rings (SSSR count). The summed E-state index contributed by atoms with van der Waals surface area (Å²) in [5, 5.41) is 2.58. The summed E-state index contributed by atoms with van der Waals surface area (Å²) < 4.78 is 53.2. The highest BCUT2D eigenvalue weighted by Gasteiger charge is 2.34. The standard InChI is InChI=1S/C19H16F4N2O2/c1-25-8-7-16(18(25)27)24-17(26)12-4-2-3-11(9-12)14-10-13(20)5-6-15(14)19(21,22)23/h2-6,9-10,16H,7-8H2,1H3,(H,24,26)/t16-/m0/s1. The first kappa shape index (κ1) is 18.9. The van der Waals surface area contributed by atoms with Crippen LogP contribution in [0, 0.1) is 5.82 Å². The van der Waals surface area contributed by atoms with Crippen molar-refractivity contribution in [1.82, 2.24) is 10.2 Å².